The fourth-order valence-electron chi connectivity index (χ4n) is 2.93. The van der Waals surface area contributed by atoms with Crippen LogP contribution in [0, 0.1) is 6.92 Å². The molecule has 1 aliphatic carbocycles. The zero-order chi connectivity index (χ0) is 19.5. The van der Waals surface area contributed by atoms with Gasteiger partial charge in [0.1, 0.15) is 5.82 Å². The second kappa shape index (κ2) is 7.64. The zero-order valence-electron chi connectivity index (χ0n) is 15.5. The third-order valence-corrected chi connectivity index (χ3v) is 4.69. The highest BCUT2D eigenvalue weighted by atomic mass is 16.2. The first-order valence-corrected chi connectivity index (χ1v) is 9.26. The number of aromatic amines is 1. The normalized spacial score (nSPS) is 13.2. The third kappa shape index (κ3) is 4.09. The largest absolute Gasteiger partial charge is 0.343 e. The second-order valence-electron chi connectivity index (χ2n) is 6.94. The van der Waals surface area contributed by atoms with Crippen molar-refractivity contribution in [2.45, 2.75) is 25.7 Å². The molecule has 2 aromatic carbocycles. The lowest BCUT2D eigenvalue weighted by molar-refractivity contribution is -0.115. The Morgan fingerprint density at radius 2 is 1.86 bits per heavy atom. The number of nitrogens with one attached hydrogen (secondary N) is 3. The summed E-state index contributed by atoms with van der Waals surface area (Å²) in [5.74, 6) is 1.57. The van der Waals surface area contributed by atoms with E-state index < -0.39 is 0 Å². The van der Waals surface area contributed by atoms with E-state index in [1.807, 2.05) is 31.2 Å². The molecule has 0 atom stereocenters. The molecule has 3 N–H and O–H groups in total. The van der Waals surface area contributed by atoms with E-state index in [0.717, 1.165) is 17.0 Å². The van der Waals surface area contributed by atoms with Gasteiger partial charge < -0.3 is 10.6 Å². The number of H-pyrrole nitrogens is 1. The van der Waals surface area contributed by atoms with Gasteiger partial charge >= 0.3 is 0 Å². The molecule has 7 nitrogen and oxygen atoms in total. The summed E-state index contributed by atoms with van der Waals surface area (Å²) in [4.78, 5) is 28.8. The molecular formula is C21H21N5O2. The first-order chi connectivity index (χ1) is 13.6. The summed E-state index contributed by atoms with van der Waals surface area (Å²) in [7, 11) is 0. The summed E-state index contributed by atoms with van der Waals surface area (Å²) in [6.45, 7) is 1.76. The Kier molecular flexibility index (Phi) is 4.89. The van der Waals surface area contributed by atoms with Crippen molar-refractivity contribution < 1.29 is 9.59 Å². The van der Waals surface area contributed by atoms with E-state index in [9.17, 15) is 9.59 Å². The Bertz CT molecular complexity index is 1010. The van der Waals surface area contributed by atoms with Crippen LogP contribution in [0.1, 0.15) is 40.5 Å². The Morgan fingerprint density at radius 1 is 1.11 bits per heavy atom. The summed E-state index contributed by atoms with van der Waals surface area (Å²) in [5.41, 5.74) is 2.97. The molecule has 0 saturated heterocycles. The molecule has 0 unspecified atom stereocenters. The van der Waals surface area contributed by atoms with Crippen molar-refractivity contribution >= 4 is 17.5 Å². The number of aromatic nitrogens is 3. The number of carbonyl (C=O) groups is 2. The van der Waals surface area contributed by atoms with Crippen LogP contribution in [0.4, 0.5) is 5.69 Å². The van der Waals surface area contributed by atoms with Gasteiger partial charge in [0.2, 0.25) is 5.91 Å². The van der Waals surface area contributed by atoms with Crippen LogP contribution in [0.25, 0.3) is 11.4 Å². The number of nitrogens with zero attached hydrogens (tertiary/aromatic N) is 2. The van der Waals surface area contributed by atoms with Gasteiger partial charge in [0, 0.05) is 22.7 Å². The molecule has 1 aromatic heterocycles. The maximum atomic E-state index is 12.2. The van der Waals surface area contributed by atoms with Crippen molar-refractivity contribution in [2.24, 2.45) is 0 Å². The van der Waals surface area contributed by atoms with Gasteiger partial charge in [0.15, 0.2) is 5.82 Å². The molecule has 1 saturated carbocycles. The smallest absolute Gasteiger partial charge is 0.251 e. The van der Waals surface area contributed by atoms with Crippen LogP contribution in [0.15, 0.2) is 48.5 Å². The lowest BCUT2D eigenvalue weighted by Gasteiger charge is -2.08. The van der Waals surface area contributed by atoms with Crippen molar-refractivity contribution in [3.8, 4) is 11.4 Å². The van der Waals surface area contributed by atoms with Crippen LogP contribution >= 0.6 is 0 Å². The van der Waals surface area contributed by atoms with Gasteiger partial charge in [-0.3, -0.25) is 14.7 Å². The highest BCUT2D eigenvalue weighted by Gasteiger charge is 2.27. The number of benzene rings is 2. The van der Waals surface area contributed by atoms with Gasteiger partial charge in [-0.1, -0.05) is 18.2 Å². The SMILES string of the molecule is Cc1ccccc1C(=O)NCC(=O)Nc1ccc(-c2n[nH]c(C3CC3)n2)cc1. The minimum Gasteiger partial charge on any atom is -0.343 e. The minimum atomic E-state index is -0.288. The highest BCUT2D eigenvalue weighted by molar-refractivity contribution is 6.00. The molecule has 0 bridgehead atoms. The topological polar surface area (TPSA) is 99.8 Å². The molecule has 0 aliphatic heterocycles. The molecule has 1 heterocycles. The molecule has 28 heavy (non-hydrogen) atoms. The van der Waals surface area contributed by atoms with Gasteiger partial charge in [0.25, 0.3) is 5.91 Å². The Balaban J connectivity index is 1.31. The molecule has 1 aliphatic rings. The Morgan fingerprint density at radius 3 is 2.57 bits per heavy atom. The number of hydrogen-bond donors (Lipinski definition) is 3. The number of anilines is 1. The molecule has 0 spiro atoms. The molecule has 142 valence electrons. The van der Waals surface area contributed by atoms with Crippen LogP contribution < -0.4 is 10.6 Å². The van der Waals surface area contributed by atoms with E-state index in [4.69, 9.17) is 0 Å². The van der Waals surface area contributed by atoms with Gasteiger partial charge in [-0.25, -0.2) is 4.98 Å². The van der Waals surface area contributed by atoms with Gasteiger partial charge in [-0.15, -0.1) is 0 Å². The van der Waals surface area contributed by atoms with E-state index in [0.29, 0.717) is 23.0 Å². The standard InChI is InChI=1S/C21H21N5O2/c1-13-4-2-3-5-17(13)21(28)22-12-18(27)23-16-10-8-15(9-11-16)20-24-19(25-26-20)14-6-7-14/h2-5,8-11,14H,6-7,12H2,1H3,(H,22,28)(H,23,27)(H,24,25,26). The summed E-state index contributed by atoms with van der Waals surface area (Å²) in [6, 6.07) is 14.6. The fourth-order valence-corrected chi connectivity index (χ4v) is 2.93. The molecule has 1 fully saturated rings. The number of carbonyl (C=O) groups excluding carboxylic acids is 2. The number of amides is 2. The van der Waals surface area contributed by atoms with Crippen LogP contribution in [0.3, 0.4) is 0 Å². The molecule has 3 aromatic rings. The molecule has 7 heteroatoms. The average molecular weight is 375 g/mol. The third-order valence-electron chi connectivity index (χ3n) is 4.69. The van der Waals surface area contributed by atoms with Gasteiger partial charge in [-0.2, -0.15) is 5.10 Å². The van der Waals surface area contributed by atoms with Crippen LogP contribution in [0.5, 0.6) is 0 Å². The maximum Gasteiger partial charge on any atom is 0.251 e. The quantitative estimate of drug-likeness (QED) is 0.616. The predicted molar refractivity (Wildman–Crippen MR) is 106 cm³/mol. The first-order valence-electron chi connectivity index (χ1n) is 9.26. The van der Waals surface area contributed by atoms with Crippen molar-refractivity contribution in [2.75, 3.05) is 11.9 Å². The Hall–Kier alpha value is -3.48. The lowest BCUT2D eigenvalue weighted by Crippen LogP contribution is -2.33. The van der Waals surface area contributed by atoms with Gasteiger partial charge in [0.05, 0.1) is 6.54 Å². The summed E-state index contributed by atoms with van der Waals surface area (Å²) in [5, 5.41) is 12.7. The van der Waals surface area contributed by atoms with E-state index in [1.165, 1.54) is 12.8 Å². The van der Waals surface area contributed by atoms with Crippen LogP contribution in [-0.4, -0.2) is 33.5 Å². The molecular weight excluding hydrogens is 354 g/mol. The van der Waals surface area contributed by atoms with Crippen LogP contribution in [0.2, 0.25) is 0 Å². The van der Waals surface area contributed by atoms with E-state index in [1.54, 1.807) is 24.3 Å². The first kappa shape index (κ1) is 17.9. The molecule has 2 amide bonds. The molecule has 4 rings (SSSR count). The van der Waals surface area contributed by atoms with Crippen molar-refractivity contribution in [1.82, 2.24) is 20.5 Å². The Labute approximate surface area is 162 Å². The second-order valence-corrected chi connectivity index (χ2v) is 6.94. The average Bonchev–Trinajstić information content (AvgIpc) is 3.44. The van der Waals surface area contributed by atoms with E-state index in [2.05, 4.69) is 25.8 Å². The highest BCUT2D eigenvalue weighted by Crippen LogP contribution is 2.38. The number of rotatable bonds is 6. The van der Waals surface area contributed by atoms with Crippen molar-refractivity contribution in [3.63, 3.8) is 0 Å². The van der Waals surface area contributed by atoms with E-state index >= 15 is 0 Å². The number of hydrogen-bond acceptors (Lipinski definition) is 4. The summed E-state index contributed by atoms with van der Waals surface area (Å²) < 4.78 is 0. The summed E-state index contributed by atoms with van der Waals surface area (Å²) in [6.07, 6.45) is 2.33. The monoisotopic (exact) mass is 375 g/mol. The number of aryl methyl sites for hydroxylation is 1. The minimum absolute atomic E-state index is 0.0966. The van der Waals surface area contributed by atoms with Gasteiger partial charge in [-0.05, 0) is 55.7 Å². The molecule has 0 radical (unpaired) electrons. The van der Waals surface area contributed by atoms with Crippen LogP contribution in [-0.2, 0) is 4.79 Å². The van der Waals surface area contributed by atoms with Crippen molar-refractivity contribution in [3.05, 3.63) is 65.5 Å². The predicted octanol–water partition coefficient (Wildman–Crippen LogP) is 3.03. The lowest BCUT2D eigenvalue weighted by atomic mass is 10.1. The summed E-state index contributed by atoms with van der Waals surface area (Å²) >= 11 is 0. The fraction of sp³-hybridized carbons (Fsp3) is 0.238. The zero-order valence-corrected chi connectivity index (χ0v) is 15.5. The maximum absolute atomic E-state index is 12.2. The van der Waals surface area contributed by atoms with E-state index in [-0.39, 0.29) is 18.4 Å². The van der Waals surface area contributed by atoms with Crippen molar-refractivity contribution in [1.29, 1.82) is 0 Å².